The SMILES string of the molecule is CCOC(=O)CCNC(=O)NC1CCCC1C(=O)O. The second-order valence-corrected chi connectivity index (χ2v) is 4.44. The summed E-state index contributed by atoms with van der Waals surface area (Å²) in [5, 5.41) is 14.1. The van der Waals surface area contributed by atoms with Crippen LogP contribution in [0, 0.1) is 5.92 Å². The van der Waals surface area contributed by atoms with Crippen LogP contribution < -0.4 is 10.6 Å². The molecular weight excluding hydrogens is 252 g/mol. The van der Waals surface area contributed by atoms with Gasteiger partial charge < -0.3 is 20.5 Å². The van der Waals surface area contributed by atoms with Gasteiger partial charge in [0.1, 0.15) is 0 Å². The Hall–Kier alpha value is -1.79. The Balaban J connectivity index is 2.24. The van der Waals surface area contributed by atoms with Crippen LogP contribution in [-0.2, 0) is 14.3 Å². The zero-order chi connectivity index (χ0) is 14.3. The number of hydrogen-bond acceptors (Lipinski definition) is 4. The molecule has 1 fully saturated rings. The Bertz CT molecular complexity index is 345. The van der Waals surface area contributed by atoms with E-state index < -0.39 is 17.9 Å². The highest BCUT2D eigenvalue weighted by molar-refractivity contribution is 5.77. The number of nitrogens with one attached hydrogen (secondary N) is 2. The first kappa shape index (κ1) is 15.3. The Kier molecular flexibility index (Phi) is 6.11. The molecular formula is C12H20N2O5. The van der Waals surface area contributed by atoms with Crippen molar-refractivity contribution >= 4 is 18.0 Å². The standard InChI is InChI=1S/C12H20N2O5/c1-2-19-10(15)6-7-13-12(18)14-9-5-3-4-8(9)11(16)17/h8-9H,2-7H2,1H3,(H,16,17)(H2,13,14,18). The van der Waals surface area contributed by atoms with Crippen molar-refractivity contribution in [2.45, 2.75) is 38.6 Å². The van der Waals surface area contributed by atoms with E-state index in [2.05, 4.69) is 10.6 Å². The number of amides is 2. The summed E-state index contributed by atoms with van der Waals surface area (Å²) in [7, 11) is 0. The highest BCUT2D eigenvalue weighted by Crippen LogP contribution is 2.25. The van der Waals surface area contributed by atoms with Crippen LogP contribution in [-0.4, -0.2) is 42.3 Å². The third-order valence-electron chi connectivity index (χ3n) is 3.07. The number of esters is 1. The molecule has 108 valence electrons. The fourth-order valence-corrected chi connectivity index (χ4v) is 2.16. The number of rotatable bonds is 6. The minimum absolute atomic E-state index is 0.105. The first-order valence-corrected chi connectivity index (χ1v) is 6.47. The number of carbonyl (C=O) groups excluding carboxylic acids is 2. The third-order valence-corrected chi connectivity index (χ3v) is 3.07. The Morgan fingerprint density at radius 2 is 2.05 bits per heavy atom. The maximum Gasteiger partial charge on any atom is 0.315 e. The van der Waals surface area contributed by atoms with Crippen LogP contribution in [0.25, 0.3) is 0 Å². The highest BCUT2D eigenvalue weighted by Gasteiger charge is 2.33. The molecule has 7 heteroatoms. The van der Waals surface area contributed by atoms with Gasteiger partial charge in [0.15, 0.2) is 0 Å². The van der Waals surface area contributed by atoms with Crippen molar-refractivity contribution in [3.8, 4) is 0 Å². The maximum atomic E-state index is 11.5. The van der Waals surface area contributed by atoms with Crippen LogP contribution in [0.4, 0.5) is 4.79 Å². The average molecular weight is 272 g/mol. The molecule has 0 aromatic heterocycles. The predicted molar refractivity (Wildman–Crippen MR) is 66.5 cm³/mol. The van der Waals surface area contributed by atoms with E-state index in [1.54, 1.807) is 6.92 Å². The average Bonchev–Trinajstić information content (AvgIpc) is 2.77. The van der Waals surface area contributed by atoms with E-state index in [0.717, 1.165) is 6.42 Å². The molecule has 0 aromatic rings. The number of hydrogen-bond donors (Lipinski definition) is 3. The second-order valence-electron chi connectivity index (χ2n) is 4.44. The summed E-state index contributed by atoms with van der Waals surface area (Å²) >= 11 is 0. The van der Waals surface area contributed by atoms with Gasteiger partial charge >= 0.3 is 18.0 Å². The lowest BCUT2D eigenvalue weighted by atomic mass is 10.0. The fraction of sp³-hybridized carbons (Fsp3) is 0.750. The van der Waals surface area contributed by atoms with Gasteiger partial charge in [-0.3, -0.25) is 9.59 Å². The topological polar surface area (TPSA) is 105 Å². The van der Waals surface area contributed by atoms with E-state index in [9.17, 15) is 14.4 Å². The number of carboxylic acids is 1. The number of carboxylic acid groups (broad SMARTS) is 1. The summed E-state index contributed by atoms with van der Waals surface area (Å²) in [4.78, 5) is 33.5. The largest absolute Gasteiger partial charge is 0.481 e. The quantitative estimate of drug-likeness (QED) is 0.610. The predicted octanol–water partition coefficient (Wildman–Crippen LogP) is 0.492. The zero-order valence-electron chi connectivity index (χ0n) is 11.0. The Morgan fingerprint density at radius 1 is 1.32 bits per heavy atom. The molecule has 1 aliphatic carbocycles. The lowest BCUT2D eigenvalue weighted by Gasteiger charge is -2.17. The first-order valence-electron chi connectivity index (χ1n) is 6.47. The lowest BCUT2D eigenvalue weighted by Crippen LogP contribution is -2.45. The molecule has 1 rings (SSSR count). The van der Waals surface area contributed by atoms with Crippen LogP contribution in [0.2, 0.25) is 0 Å². The molecule has 1 aliphatic rings. The molecule has 2 unspecified atom stereocenters. The van der Waals surface area contributed by atoms with Crippen molar-refractivity contribution in [3.05, 3.63) is 0 Å². The molecule has 0 spiro atoms. The van der Waals surface area contributed by atoms with Gasteiger partial charge in [-0.1, -0.05) is 6.42 Å². The van der Waals surface area contributed by atoms with E-state index in [4.69, 9.17) is 9.84 Å². The number of aliphatic carboxylic acids is 1. The summed E-state index contributed by atoms with van der Waals surface area (Å²) in [5.74, 6) is -1.77. The molecule has 2 amide bonds. The van der Waals surface area contributed by atoms with Crippen LogP contribution in [0.15, 0.2) is 0 Å². The van der Waals surface area contributed by atoms with Crippen molar-refractivity contribution in [2.24, 2.45) is 5.92 Å². The van der Waals surface area contributed by atoms with E-state index in [0.29, 0.717) is 19.4 Å². The van der Waals surface area contributed by atoms with Crippen LogP contribution in [0.3, 0.4) is 0 Å². The third kappa shape index (κ3) is 5.15. The Labute approximate surface area is 111 Å². The van der Waals surface area contributed by atoms with Crippen molar-refractivity contribution in [1.29, 1.82) is 0 Å². The minimum Gasteiger partial charge on any atom is -0.481 e. The normalized spacial score (nSPS) is 21.7. The van der Waals surface area contributed by atoms with Gasteiger partial charge in [-0.05, 0) is 19.8 Å². The van der Waals surface area contributed by atoms with Gasteiger partial charge in [0, 0.05) is 12.6 Å². The summed E-state index contributed by atoms with van der Waals surface area (Å²) in [5.41, 5.74) is 0. The molecule has 0 bridgehead atoms. The van der Waals surface area contributed by atoms with Gasteiger partial charge in [-0.2, -0.15) is 0 Å². The number of carbonyl (C=O) groups is 3. The molecule has 2 atom stereocenters. The molecule has 3 N–H and O–H groups in total. The zero-order valence-corrected chi connectivity index (χ0v) is 11.0. The molecule has 7 nitrogen and oxygen atoms in total. The first-order chi connectivity index (χ1) is 9.04. The van der Waals surface area contributed by atoms with Crippen LogP contribution >= 0.6 is 0 Å². The van der Waals surface area contributed by atoms with E-state index in [1.807, 2.05) is 0 Å². The molecule has 0 radical (unpaired) electrons. The molecule has 0 aromatic carbocycles. The fourth-order valence-electron chi connectivity index (χ4n) is 2.16. The van der Waals surface area contributed by atoms with E-state index in [1.165, 1.54) is 0 Å². The number of urea groups is 1. The van der Waals surface area contributed by atoms with Crippen molar-refractivity contribution < 1.29 is 24.2 Å². The van der Waals surface area contributed by atoms with E-state index >= 15 is 0 Å². The van der Waals surface area contributed by atoms with Crippen molar-refractivity contribution in [2.75, 3.05) is 13.2 Å². The summed E-state index contributed by atoms with van der Waals surface area (Å²) < 4.78 is 4.72. The van der Waals surface area contributed by atoms with Gasteiger partial charge in [-0.15, -0.1) is 0 Å². The van der Waals surface area contributed by atoms with Crippen LogP contribution in [0.1, 0.15) is 32.6 Å². The van der Waals surface area contributed by atoms with E-state index in [-0.39, 0.29) is 25.0 Å². The molecule has 0 aliphatic heterocycles. The smallest absolute Gasteiger partial charge is 0.315 e. The summed E-state index contributed by atoms with van der Waals surface area (Å²) in [6.45, 7) is 2.20. The van der Waals surface area contributed by atoms with Gasteiger partial charge in [-0.25, -0.2) is 4.79 Å². The maximum absolute atomic E-state index is 11.5. The molecule has 0 saturated heterocycles. The van der Waals surface area contributed by atoms with Gasteiger partial charge in [0.2, 0.25) is 0 Å². The lowest BCUT2D eigenvalue weighted by molar-refractivity contribution is -0.143. The van der Waals surface area contributed by atoms with Crippen molar-refractivity contribution in [1.82, 2.24) is 10.6 Å². The second kappa shape index (κ2) is 7.60. The number of ether oxygens (including phenoxy) is 1. The molecule has 1 saturated carbocycles. The van der Waals surface area contributed by atoms with Gasteiger partial charge in [0.25, 0.3) is 0 Å². The minimum atomic E-state index is -0.880. The van der Waals surface area contributed by atoms with Crippen molar-refractivity contribution in [3.63, 3.8) is 0 Å². The molecule has 19 heavy (non-hydrogen) atoms. The monoisotopic (exact) mass is 272 g/mol. The van der Waals surface area contributed by atoms with Gasteiger partial charge in [0.05, 0.1) is 18.9 Å². The van der Waals surface area contributed by atoms with Crippen LogP contribution in [0.5, 0.6) is 0 Å². The Morgan fingerprint density at radius 3 is 2.68 bits per heavy atom. The highest BCUT2D eigenvalue weighted by atomic mass is 16.5. The summed E-state index contributed by atoms with van der Waals surface area (Å²) in [6, 6.07) is -0.775. The molecule has 0 heterocycles. The summed E-state index contributed by atoms with van der Waals surface area (Å²) in [6.07, 6.45) is 2.16.